The van der Waals surface area contributed by atoms with Crippen LogP contribution in [0.25, 0.3) is 5.69 Å². The summed E-state index contributed by atoms with van der Waals surface area (Å²) in [7, 11) is -3.81. The highest BCUT2D eigenvalue weighted by Crippen LogP contribution is 2.32. The fourth-order valence-electron chi connectivity index (χ4n) is 4.13. The van der Waals surface area contributed by atoms with Gasteiger partial charge in [-0.25, -0.2) is 17.9 Å². The molecule has 1 aliphatic rings. The van der Waals surface area contributed by atoms with Crippen molar-refractivity contribution < 1.29 is 17.6 Å². The fraction of sp³-hybridized carbons (Fsp3) is 0.217. The predicted molar refractivity (Wildman–Crippen MR) is 122 cm³/mol. The second-order valence-electron chi connectivity index (χ2n) is 7.92. The lowest BCUT2D eigenvalue weighted by molar-refractivity contribution is -0.115. The van der Waals surface area contributed by atoms with Gasteiger partial charge in [0.2, 0.25) is 15.9 Å². The third-order valence-electron chi connectivity index (χ3n) is 5.86. The molecule has 0 radical (unpaired) electrons. The molecule has 10 heteroatoms. The van der Waals surface area contributed by atoms with E-state index in [1.54, 1.807) is 36.6 Å². The minimum atomic E-state index is -3.81. The monoisotopic (exact) mass is 467 g/mol. The molecule has 170 valence electrons. The van der Waals surface area contributed by atoms with Gasteiger partial charge in [-0.1, -0.05) is 6.07 Å². The van der Waals surface area contributed by atoms with Gasteiger partial charge in [0.05, 0.1) is 22.7 Å². The second kappa shape index (κ2) is 8.35. The van der Waals surface area contributed by atoms with Crippen LogP contribution in [-0.2, 0) is 21.2 Å². The van der Waals surface area contributed by atoms with Gasteiger partial charge >= 0.3 is 0 Å². The largest absolute Gasteiger partial charge is 0.362 e. The Kier molecular flexibility index (Phi) is 5.69. The number of rotatable bonds is 5. The summed E-state index contributed by atoms with van der Waals surface area (Å²) < 4.78 is 38.7. The van der Waals surface area contributed by atoms with E-state index in [1.165, 1.54) is 24.3 Å². The quantitative estimate of drug-likeness (QED) is 0.598. The number of carbonyl (C=O) groups excluding carboxylic acids is 1. The first-order valence-electron chi connectivity index (χ1n) is 10.2. The highest BCUT2D eigenvalue weighted by atomic mass is 32.2. The summed E-state index contributed by atoms with van der Waals surface area (Å²) in [5.41, 5.74) is 3.76. The first-order valence-corrected chi connectivity index (χ1v) is 11.7. The van der Waals surface area contributed by atoms with E-state index in [1.807, 2.05) is 4.90 Å². The summed E-state index contributed by atoms with van der Waals surface area (Å²) in [6, 6.07) is 12.6. The molecule has 1 aliphatic heterocycles. The van der Waals surface area contributed by atoms with Crippen LogP contribution in [0.2, 0.25) is 0 Å². The van der Waals surface area contributed by atoms with Crippen LogP contribution in [0, 0.1) is 31.0 Å². The van der Waals surface area contributed by atoms with Crippen molar-refractivity contribution in [2.24, 2.45) is 5.14 Å². The molecule has 0 saturated heterocycles. The molecule has 0 bridgehead atoms. The van der Waals surface area contributed by atoms with Gasteiger partial charge in [0.15, 0.2) is 0 Å². The highest BCUT2D eigenvalue weighted by Gasteiger charge is 2.25. The number of anilines is 2. The summed E-state index contributed by atoms with van der Waals surface area (Å²) in [5, 5.41) is 17.7. The molecular weight excluding hydrogens is 445 g/mol. The van der Waals surface area contributed by atoms with Crippen molar-refractivity contribution in [3.8, 4) is 11.8 Å². The smallest absolute Gasteiger partial charge is 0.245 e. The molecule has 1 aromatic heterocycles. The average Bonchev–Trinajstić information content (AvgIpc) is 3.25. The molecule has 4 rings (SSSR count). The number of nitrogens with one attached hydrogen (secondary N) is 1. The van der Waals surface area contributed by atoms with Crippen molar-refractivity contribution in [3.63, 3.8) is 0 Å². The fourth-order valence-corrected chi connectivity index (χ4v) is 4.70. The van der Waals surface area contributed by atoms with Gasteiger partial charge in [0.1, 0.15) is 17.7 Å². The van der Waals surface area contributed by atoms with Crippen LogP contribution < -0.4 is 15.4 Å². The Hall–Kier alpha value is -3.68. The lowest BCUT2D eigenvalue weighted by Gasteiger charge is -2.20. The van der Waals surface area contributed by atoms with Crippen LogP contribution >= 0.6 is 0 Å². The van der Waals surface area contributed by atoms with Crippen molar-refractivity contribution in [2.45, 2.75) is 25.2 Å². The van der Waals surface area contributed by atoms with Crippen LogP contribution in [0.4, 0.5) is 15.9 Å². The van der Waals surface area contributed by atoms with E-state index < -0.39 is 15.8 Å². The molecule has 33 heavy (non-hydrogen) atoms. The second-order valence-corrected chi connectivity index (χ2v) is 9.48. The number of hydrogen-bond acceptors (Lipinski definition) is 5. The number of fused-ring (bicyclic) bond motifs is 1. The van der Waals surface area contributed by atoms with Crippen LogP contribution in [0.3, 0.4) is 0 Å². The zero-order chi connectivity index (χ0) is 23.9. The first-order chi connectivity index (χ1) is 15.6. The Balaban J connectivity index is 1.62. The lowest BCUT2D eigenvalue weighted by Crippen LogP contribution is -2.32. The number of aromatic nitrogens is 1. The van der Waals surface area contributed by atoms with Crippen molar-refractivity contribution in [3.05, 3.63) is 70.7 Å². The molecule has 2 aromatic carbocycles. The minimum Gasteiger partial charge on any atom is -0.362 e. The number of nitriles is 1. The third-order valence-corrected chi connectivity index (χ3v) is 6.77. The van der Waals surface area contributed by atoms with E-state index in [0.29, 0.717) is 29.8 Å². The Morgan fingerprint density at radius 1 is 1.24 bits per heavy atom. The van der Waals surface area contributed by atoms with E-state index in [0.717, 1.165) is 16.9 Å². The molecule has 0 unspecified atom stereocenters. The number of halogens is 1. The number of primary sulfonamides is 1. The maximum absolute atomic E-state index is 13.9. The predicted octanol–water partition coefficient (Wildman–Crippen LogP) is 2.75. The Morgan fingerprint density at radius 3 is 2.67 bits per heavy atom. The molecule has 8 nitrogen and oxygen atoms in total. The van der Waals surface area contributed by atoms with Crippen LogP contribution in [0.1, 0.15) is 22.4 Å². The molecule has 3 aromatic rings. The van der Waals surface area contributed by atoms with E-state index in [2.05, 4.69) is 11.4 Å². The first kappa shape index (κ1) is 22.5. The molecule has 3 N–H and O–H groups in total. The van der Waals surface area contributed by atoms with Crippen LogP contribution in [0.5, 0.6) is 0 Å². The number of nitrogens with two attached hydrogens (primary N) is 1. The zero-order valence-electron chi connectivity index (χ0n) is 18.1. The highest BCUT2D eigenvalue weighted by molar-refractivity contribution is 7.89. The molecule has 0 atom stereocenters. The third kappa shape index (κ3) is 4.20. The number of sulfonamides is 1. The van der Waals surface area contributed by atoms with Gasteiger partial charge < -0.3 is 10.2 Å². The molecule has 0 spiro atoms. The number of hydrogen-bond donors (Lipinski definition) is 2. The zero-order valence-corrected chi connectivity index (χ0v) is 18.9. The number of amides is 1. The SMILES string of the molecule is Cc1c(C#N)c(NC(=O)CN2CCc3cc(S(N)(=O)=O)ccc32)n(-c2cccc(F)c2)c1C. The molecule has 1 amide bonds. The van der Waals surface area contributed by atoms with Crippen LogP contribution in [-0.4, -0.2) is 32.0 Å². The lowest BCUT2D eigenvalue weighted by atomic mass is 10.2. The number of nitrogens with zero attached hydrogens (tertiary/aromatic N) is 3. The molecular formula is C23H22FN5O3S. The maximum Gasteiger partial charge on any atom is 0.245 e. The van der Waals surface area contributed by atoms with Crippen molar-refractivity contribution in [2.75, 3.05) is 23.3 Å². The summed E-state index contributed by atoms with van der Waals surface area (Å²) >= 11 is 0. The number of carbonyl (C=O) groups is 1. The maximum atomic E-state index is 13.9. The van der Waals surface area contributed by atoms with Gasteiger partial charge in [0, 0.05) is 17.9 Å². The summed E-state index contributed by atoms with van der Waals surface area (Å²) in [4.78, 5) is 14.8. The van der Waals surface area contributed by atoms with E-state index in [9.17, 15) is 22.9 Å². The minimum absolute atomic E-state index is 0.000976. The summed E-state index contributed by atoms with van der Waals surface area (Å²) in [5.74, 6) is -0.501. The van der Waals surface area contributed by atoms with E-state index in [4.69, 9.17) is 5.14 Å². The molecule has 0 aliphatic carbocycles. The van der Waals surface area contributed by atoms with Gasteiger partial charge in [-0.05, 0) is 67.8 Å². The summed E-state index contributed by atoms with van der Waals surface area (Å²) in [6.45, 7) is 4.11. The van der Waals surface area contributed by atoms with Gasteiger partial charge in [-0.2, -0.15) is 5.26 Å². The average molecular weight is 468 g/mol. The summed E-state index contributed by atoms with van der Waals surface area (Å²) in [6.07, 6.45) is 0.577. The Morgan fingerprint density at radius 2 is 2.00 bits per heavy atom. The van der Waals surface area contributed by atoms with E-state index in [-0.39, 0.29) is 23.2 Å². The normalized spacial score (nSPS) is 13.0. The van der Waals surface area contributed by atoms with Crippen LogP contribution in [0.15, 0.2) is 47.4 Å². The molecule has 0 saturated carbocycles. The van der Waals surface area contributed by atoms with Gasteiger partial charge in [0.25, 0.3) is 0 Å². The Labute approximate surface area is 191 Å². The van der Waals surface area contributed by atoms with Gasteiger partial charge in [-0.15, -0.1) is 0 Å². The van der Waals surface area contributed by atoms with Gasteiger partial charge in [-0.3, -0.25) is 9.36 Å². The molecule has 0 fully saturated rings. The number of benzene rings is 2. The van der Waals surface area contributed by atoms with Crippen molar-refractivity contribution >= 4 is 27.4 Å². The molecule has 2 heterocycles. The Bertz CT molecular complexity index is 1420. The van der Waals surface area contributed by atoms with E-state index >= 15 is 0 Å². The standard InChI is InChI=1S/C23H22FN5O3S/c1-14-15(2)29(18-5-3-4-17(24)11-18)23(20(14)12-25)27-22(30)13-28-9-8-16-10-19(33(26,31)32)6-7-21(16)28/h3-7,10-11H,8-9,13H2,1-2H3,(H,27,30)(H2,26,31,32). The van der Waals surface area contributed by atoms with Crippen molar-refractivity contribution in [1.82, 2.24) is 4.57 Å². The van der Waals surface area contributed by atoms with Crippen molar-refractivity contribution in [1.29, 1.82) is 5.26 Å². The topological polar surface area (TPSA) is 121 Å².